The van der Waals surface area contributed by atoms with Crippen molar-refractivity contribution in [2.45, 2.75) is 39.0 Å². The minimum absolute atomic E-state index is 0.179. The van der Waals surface area contributed by atoms with Gasteiger partial charge >= 0.3 is 0 Å². The third kappa shape index (κ3) is 3.28. The Morgan fingerprint density at radius 2 is 2.12 bits per heavy atom. The monoisotopic (exact) mass is 355 g/mol. The van der Waals surface area contributed by atoms with E-state index in [1.807, 2.05) is 40.9 Å². The van der Waals surface area contributed by atoms with Gasteiger partial charge in [-0.05, 0) is 32.8 Å². The molecule has 3 aromatic rings. The van der Waals surface area contributed by atoms with E-state index >= 15 is 0 Å². The summed E-state index contributed by atoms with van der Waals surface area (Å²) in [5, 5.41) is 7.56. The van der Waals surface area contributed by atoms with Crippen LogP contribution in [-0.4, -0.2) is 43.5 Å². The van der Waals surface area contributed by atoms with Crippen molar-refractivity contribution < 1.29 is 4.79 Å². The zero-order valence-electron chi connectivity index (χ0n) is 14.5. The molecule has 0 aromatic carbocycles. The Morgan fingerprint density at radius 1 is 1.32 bits per heavy atom. The first-order chi connectivity index (χ1) is 12.1. The van der Waals surface area contributed by atoms with Crippen LogP contribution in [0.2, 0.25) is 0 Å². The molecule has 130 valence electrons. The molecule has 1 amide bonds. The lowest BCUT2D eigenvalue weighted by molar-refractivity contribution is -0.131. The van der Waals surface area contributed by atoms with E-state index in [0.29, 0.717) is 12.3 Å². The molecule has 1 fully saturated rings. The van der Waals surface area contributed by atoms with Gasteiger partial charge in [-0.2, -0.15) is 5.10 Å². The summed E-state index contributed by atoms with van der Waals surface area (Å²) >= 11 is 1.60. The van der Waals surface area contributed by atoms with Crippen LogP contribution in [0.25, 0.3) is 5.65 Å². The van der Waals surface area contributed by atoms with Crippen molar-refractivity contribution in [1.29, 1.82) is 0 Å². The molecule has 4 heterocycles. The second-order valence-electron chi connectivity index (χ2n) is 6.62. The van der Waals surface area contributed by atoms with Crippen LogP contribution in [-0.2, 0) is 11.2 Å². The molecule has 0 spiro atoms. The number of carbonyl (C=O) groups excluding carboxylic acids is 1. The van der Waals surface area contributed by atoms with Crippen LogP contribution < -0.4 is 0 Å². The number of carbonyl (C=O) groups is 1. The number of fused-ring (bicyclic) bond motifs is 1. The third-order valence-electron chi connectivity index (χ3n) is 4.77. The molecule has 0 saturated carbocycles. The number of likely N-dealkylation sites (tertiary alicyclic amines) is 1. The van der Waals surface area contributed by atoms with Crippen molar-refractivity contribution in [1.82, 2.24) is 24.5 Å². The maximum Gasteiger partial charge on any atom is 0.228 e. The molecule has 0 aliphatic carbocycles. The number of hydrogen-bond acceptors (Lipinski definition) is 5. The van der Waals surface area contributed by atoms with Gasteiger partial charge in [0.25, 0.3) is 0 Å². The molecule has 25 heavy (non-hydrogen) atoms. The molecule has 6 nitrogen and oxygen atoms in total. The summed E-state index contributed by atoms with van der Waals surface area (Å²) in [6.45, 7) is 5.53. The number of rotatable bonds is 3. The standard InChI is InChI=1S/C18H21N5OS/c1-12-9-17-19-6-3-16(23(17)21-12)14-4-7-22(8-5-14)18(24)10-15-11-25-13(2)20-15/h3,6,9,11,14H,4-5,7-8,10H2,1-2H3. The van der Waals surface area contributed by atoms with Gasteiger partial charge in [0.15, 0.2) is 5.65 Å². The predicted molar refractivity (Wildman–Crippen MR) is 96.8 cm³/mol. The first-order valence-electron chi connectivity index (χ1n) is 8.60. The van der Waals surface area contributed by atoms with Gasteiger partial charge in [0.05, 0.1) is 22.8 Å². The van der Waals surface area contributed by atoms with E-state index in [-0.39, 0.29) is 5.91 Å². The van der Waals surface area contributed by atoms with Crippen molar-refractivity contribution in [3.05, 3.63) is 45.8 Å². The van der Waals surface area contributed by atoms with Crippen LogP contribution in [0.15, 0.2) is 23.7 Å². The summed E-state index contributed by atoms with van der Waals surface area (Å²) in [6.07, 6.45) is 4.18. The van der Waals surface area contributed by atoms with E-state index < -0.39 is 0 Å². The van der Waals surface area contributed by atoms with E-state index in [1.165, 1.54) is 5.69 Å². The lowest BCUT2D eigenvalue weighted by Gasteiger charge is -2.32. The van der Waals surface area contributed by atoms with Gasteiger partial charge in [-0.25, -0.2) is 14.5 Å². The molecule has 0 radical (unpaired) electrons. The lowest BCUT2D eigenvalue weighted by atomic mass is 9.93. The van der Waals surface area contributed by atoms with E-state index in [9.17, 15) is 4.79 Å². The summed E-state index contributed by atoms with van der Waals surface area (Å²) in [7, 11) is 0. The highest BCUT2D eigenvalue weighted by molar-refractivity contribution is 7.09. The van der Waals surface area contributed by atoms with Crippen molar-refractivity contribution in [3.63, 3.8) is 0 Å². The highest BCUT2D eigenvalue weighted by Gasteiger charge is 2.26. The maximum absolute atomic E-state index is 12.5. The Hall–Kier alpha value is -2.28. The molecular formula is C18H21N5OS. The zero-order chi connectivity index (χ0) is 17.4. The molecular weight excluding hydrogens is 334 g/mol. The predicted octanol–water partition coefficient (Wildman–Crippen LogP) is 2.75. The van der Waals surface area contributed by atoms with Crippen molar-refractivity contribution in [2.24, 2.45) is 0 Å². The number of piperidine rings is 1. The molecule has 1 aliphatic heterocycles. The normalized spacial score (nSPS) is 15.8. The maximum atomic E-state index is 12.5. The summed E-state index contributed by atoms with van der Waals surface area (Å²) in [5.74, 6) is 0.592. The molecule has 1 saturated heterocycles. The molecule has 0 N–H and O–H groups in total. The fourth-order valence-corrected chi connectivity index (χ4v) is 4.13. The van der Waals surface area contributed by atoms with E-state index in [1.54, 1.807) is 11.3 Å². The van der Waals surface area contributed by atoms with Crippen LogP contribution in [0.1, 0.15) is 40.8 Å². The van der Waals surface area contributed by atoms with Gasteiger partial charge in [0.1, 0.15) is 0 Å². The van der Waals surface area contributed by atoms with Crippen molar-refractivity contribution >= 4 is 22.9 Å². The first kappa shape index (κ1) is 16.2. The number of amides is 1. The highest BCUT2D eigenvalue weighted by atomic mass is 32.1. The Bertz CT molecular complexity index is 907. The van der Waals surface area contributed by atoms with E-state index in [0.717, 1.165) is 48.0 Å². The summed E-state index contributed by atoms with van der Waals surface area (Å²) in [4.78, 5) is 23.2. The Labute approximate surface area is 150 Å². The van der Waals surface area contributed by atoms with E-state index in [2.05, 4.69) is 21.1 Å². The molecule has 0 atom stereocenters. The van der Waals surface area contributed by atoms with Gasteiger partial charge in [-0.3, -0.25) is 4.79 Å². The van der Waals surface area contributed by atoms with Gasteiger partial charge in [0, 0.05) is 42.3 Å². The fraction of sp³-hybridized carbons (Fsp3) is 0.444. The van der Waals surface area contributed by atoms with Crippen LogP contribution in [0.4, 0.5) is 0 Å². The molecule has 1 aliphatic rings. The van der Waals surface area contributed by atoms with Crippen molar-refractivity contribution in [2.75, 3.05) is 13.1 Å². The Kier molecular flexibility index (Phi) is 4.25. The average molecular weight is 355 g/mol. The second kappa shape index (κ2) is 6.55. The third-order valence-corrected chi connectivity index (χ3v) is 5.60. The van der Waals surface area contributed by atoms with Crippen LogP contribution >= 0.6 is 11.3 Å². The number of aryl methyl sites for hydroxylation is 2. The largest absolute Gasteiger partial charge is 0.342 e. The van der Waals surface area contributed by atoms with Crippen LogP contribution in [0.3, 0.4) is 0 Å². The van der Waals surface area contributed by atoms with Gasteiger partial charge < -0.3 is 4.90 Å². The SMILES string of the molecule is Cc1cc2nccc(C3CCN(C(=O)Cc4csc(C)n4)CC3)n2n1. The molecule has 7 heteroatoms. The highest BCUT2D eigenvalue weighted by Crippen LogP contribution is 2.28. The Morgan fingerprint density at radius 3 is 2.84 bits per heavy atom. The van der Waals surface area contributed by atoms with Gasteiger partial charge in [-0.1, -0.05) is 0 Å². The van der Waals surface area contributed by atoms with Crippen LogP contribution in [0, 0.1) is 13.8 Å². The average Bonchev–Trinajstić information content (AvgIpc) is 3.19. The van der Waals surface area contributed by atoms with Crippen molar-refractivity contribution in [3.8, 4) is 0 Å². The topological polar surface area (TPSA) is 63.4 Å². The summed E-state index contributed by atoms with van der Waals surface area (Å²) in [5.41, 5.74) is 3.95. The fourth-order valence-electron chi connectivity index (χ4n) is 3.52. The summed E-state index contributed by atoms with van der Waals surface area (Å²) in [6, 6.07) is 4.05. The number of nitrogens with zero attached hydrogens (tertiary/aromatic N) is 5. The van der Waals surface area contributed by atoms with Gasteiger partial charge in [0.2, 0.25) is 5.91 Å². The quantitative estimate of drug-likeness (QED) is 0.725. The lowest BCUT2D eigenvalue weighted by Crippen LogP contribution is -2.39. The smallest absolute Gasteiger partial charge is 0.228 e. The summed E-state index contributed by atoms with van der Waals surface area (Å²) < 4.78 is 1.95. The Balaban J connectivity index is 1.43. The number of thiazole rings is 1. The zero-order valence-corrected chi connectivity index (χ0v) is 15.3. The molecule has 0 bridgehead atoms. The minimum Gasteiger partial charge on any atom is -0.342 e. The first-order valence-corrected chi connectivity index (χ1v) is 9.48. The van der Waals surface area contributed by atoms with Crippen LogP contribution in [0.5, 0.6) is 0 Å². The molecule has 4 rings (SSSR count). The number of aromatic nitrogens is 4. The number of hydrogen-bond donors (Lipinski definition) is 0. The molecule has 3 aromatic heterocycles. The second-order valence-corrected chi connectivity index (χ2v) is 7.68. The van der Waals surface area contributed by atoms with Gasteiger partial charge in [-0.15, -0.1) is 11.3 Å². The van der Waals surface area contributed by atoms with E-state index in [4.69, 9.17) is 0 Å². The minimum atomic E-state index is 0.179. The molecule has 0 unspecified atom stereocenters.